The summed E-state index contributed by atoms with van der Waals surface area (Å²) in [7, 11) is 1.63. The molecule has 1 N–H and O–H groups in total. The van der Waals surface area contributed by atoms with Crippen molar-refractivity contribution in [3.05, 3.63) is 29.3 Å². The van der Waals surface area contributed by atoms with E-state index >= 15 is 0 Å². The van der Waals surface area contributed by atoms with Gasteiger partial charge in [-0.05, 0) is 23.8 Å². The van der Waals surface area contributed by atoms with Crippen LogP contribution in [0.25, 0.3) is 0 Å². The van der Waals surface area contributed by atoms with Crippen LogP contribution in [0.4, 0.5) is 0 Å². The fourth-order valence-electron chi connectivity index (χ4n) is 1.47. The molecule has 1 aromatic carbocycles. The van der Waals surface area contributed by atoms with E-state index < -0.39 is 0 Å². The predicted molar refractivity (Wildman–Crippen MR) is 60.4 cm³/mol. The zero-order valence-corrected chi connectivity index (χ0v) is 9.46. The lowest BCUT2D eigenvalue weighted by molar-refractivity contribution is 0.0963. The van der Waals surface area contributed by atoms with E-state index in [1.807, 2.05) is 26.0 Å². The molecule has 0 saturated heterocycles. The fourth-order valence-corrected chi connectivity index (χ4v) is 1.47. The van der Waals surface area contributed by atoms with E-state index in [-0.39, 0.29) is 5.91 Å². The van der Waals surface area contributed by atoms with Crippen LogP contribution >= 0.6 is 0 Å². The van der Waals surface area contributed by atoms with Gasteiger partial charge in [0.1, 0.15) is 5.75 Å². The van der Waals surface area contributed by atoms with Gasteiger partial charge < -0.3 is 10.1 Å². The smallest absolute Gasteiger partial charge is 0.251 e. The van der Waals surface area contributed by atoms with Crippen molar-refractivity contribution in [3.8, 4) is 5.75 Å². The molecule has 1 amide bonds. The average molecular weight is 207 g/mol. The maximum Gasteiger partial charge on any atom is 0.251 e. The molecule has 0 aliphatic carbocycles. The average Bonchev–Trinajstić information content (AvgIpc) is 2.77. The van der Waals surface area contributed by atoms with Crippen molar-refractivity contribution in [1.29, 1.82) is 0 Å². The Morgan fingerprint density at radius 3 is 2.80 bits per heavy atom. The standard InChI is InChI=1S/C10H11NO2.C2H6/c1-11-10(12)8-2-3-9-7(6-8)4-5-13-9;1-2/h2-3,6H,4-5H2,1H3,(H,11,12);1-2H3. The molecule has 3 heteroatoms. The molecule has 0 saturated carbocycles. The Kier molecular flexibility index (Phi) is 4.16. The number of hydrogen-bond acceptors (Lipinski definition) is 2. The van der Waals surface area contributed by atoms with Crippen molar-refractivity contribution in [2.45, 2.75) is 20.3 Å². The van der Waals surface area contributed by atoms with Crippen LogP contribution in [0.15, 0.2) is 18.2 Å². The van der Waals surface area contributed by atoms with Crippen molar-refractivity contribution >= 4 is 5.91 Å². The SMILES string of the molecule is CC.CNC(=O)c1ccc2c(c1)CCO2. The van der Waals surface area contributed by atoms with Gasteiger partial charge in [-0.1, -0.05) is 13.8 Å². The van der Waals surface area contributed by atoms with Crippen molar-refractivity contribution in [1.82, 2.24) is 5.32 Å². The first-order valence-electron chi connectivity index (χ1n) is 5.29. The van der Waals surface area contributed by atoms with E-state index in [1.54, 1.807) is 13.1 Å². The van der Waals surface area contributed by atoms with Crippen LogP contribution < -0.4 is 10.1 Å². The number of nitrogens with one attached hydrogen (secondary N) is 1. The lowest BCUT2D eigenvalue weighted by atomic mass is 10.1. The summed E-state index contributed by atoms with van der Waals surface area (Å²) in [5.74, 6) is 0.863. The maximum absolute atomic E-state index is 11.3. The molecule has 0 aromatic heterocycles. The summed E-state index contributed by atoms with van der Waals surface area (Å²) in [5.41, 5.74) is 1.83. The minimum atomic E-state index is -0.0466. The van der Waals surface area contributed by atoms with E-state index in [9.17, 15) is 4.79 Å². The summed E-state index contributed by atoms with van der Waals surface area (Å²) in [6.07, 6.45) is 0.903. The van der Waals surface area contributed by atoms with Crippen LogP contribution in [0.1, 0.15) is 29.8 Å². The number of carbonyl (C=O) groups is 1. The number of ether oxygens (including phenoxy) is 1. The van der Waals surface area contributed by atoms with Crippen LogP contribution in [0.5, 0.6) is 5.75 Å². The van der Waals surface area contributed by atoms with Gasteiger partial charge in [0.25, 0.3) is 5.91 Å². The van der Waals surface area contributed by atoms with E-state index in [0.29, 0.717) is 5.56 Å². The Morgan fingerprint density at radius 1 is 1.40 bits per heavy atom. The molecule has 0 spiro atoms. The molecular weight excluding hydrogens is 190 g/mol. The normalized spacial score (nSPS) is 11.9. The molecule has 1 heterocycles. The zero-order chi connectivity index (χ0) is 11.3. The van der Waals surface area contributed by atoms with Gasteiger partial charge in [-0.2, -0.15) is 0 Å². The van der Waals surface area contributed by atoms with Crippen LogP contribution in [0.3, 0.4) is 0 Å². The van der Waals surface area contributed by atoms with Gasteiger partial charge in [0, 0.05) is 19.0 Å². The summed E-state index contributed by atoms with van der Waals surface area (Å²) in [6, 6.07) is 5.52. The van der Waals surface area contributed by atoms with Gasteiger partial charge in [0.15, 0.2) is 0 Å². The molecule has 1 aromatic rings. The highest BCUT2D eigenvalue weighted by Crippen LogP contribution is 2.25. The Balaban J connectivity index is 0.000000531. The van der Waals surface area contributed by atoms with E-state index in [0.717, 1.165) is 24.3 Å². The van der Waals surface area contributed by atoms with E-state index in [4.69, 9.17) is 4.74 Å². The number of hydrogen-bond donors (Lipinski definition) is 1. The van der Waals surface area contributed by atoms with Gasteiger partial charge in [-0.3, -0.25) is 4.79 Å². The fraction of sp³-hybridized carbons (Fsp3) is 0.417. The number of fused-ring (bicyclic) bond motifs is 1. The second kappa shape index (κ2) is 5.39. The largest absolute Gasteiger partial charge is 0.493 e. The Morgan fingerprint density at radius 2 is 2.13 bits per heavy atom. The van der Waals surface area contributed by atoms with Gasteiger partial charge in [0.2, 0.25) is 0 Å². The van der Waals surface area contributed by atoms with Crippen LogP contribution in [0.2, 0.25) is 0 Å². The van der Waals surface area contributed by atoms with Crippen LogP contribution in [-0.4, -0.2) is 19.6 Å². The third-order valence-electron chi connectivity index (χ3n) is 2.18. The minimum Gasteiger partial charge on any atom is -0.493 e. The van der Waals surface area contributed by atoms with Gasteiger partial charge >= 0.3 is 0 Å². The first-order valence-corrected chi connectivity index (χ1v) is 5.29. The summed E-state index contributed by atoms with van der Waals surface area (Å²) in [6.45, 7) is 4.73. The van der Waals surface area contributed by atoms with Crippen molar-refractivity contribution < 1.29 is 9.53 Å². The first kappa shape index (κ1) is 11.6. The molecule has 0 bridgehead atoms. The quantitative estimate of drug-likeness (QED) is 0.765. The number of rotatable bonds is 1. The molecular formula is C12H17NO2. The molecule has 0 fully saturated rings. The van der Waals surface area contributed by atoms with Gasteiger partial charge in [-0.25, -0.2) is 0 Å². The summed E-state index contributed by atoms with van der Waals surface area (Å²) < 4.78 is 5.34. The molecule has 2 rings (SSSR count). The Labute approximate surface area is 90.4 Å². The summed E-state index contributed by atoms with van der Waals surface area (Å²) in [5, 5.41) is 2.59. The molecule has 1 aliphatic heterocycles. The molecule has 3 nitrogen and oxygen atoms in total. The van der Waals surface area contributed by atoms with Crippen LogP contribution in [-0.2, 0) is 6.42 Å². The van der Waals surface area contributed by atoms with Crippen molar-refractivity contribution in [2.24, 2.45) is 0 Å². The predicted octanol–water partition coefficient (Wildman–Crippen LogP) is 2.01. The van der Waals surface area contributed by atoms with Gasteiger partial charge in [-0.15, -0.1) is 0 Å². The third kappa shape index (κ3) is 2.49. The molecule has 1 aliphatic rings. The van der Waals surface area contributed by atoms with Crippen molar-refractivity contribution in [3.63, 3.8) is 0 Å². The minimum absolute atomic E-state index is 0.0466. The second-order valence-electron chi connectivity index (χ2n) is 3.00. The highest BCUT2D eigenvalue weighted by Gasteiger charge is 2.13. The molecule has 15 heavy (non-hydrogen) atoms. The van der Waals surface area contributed by atoms with Crippen LogP contribution in [0, 0.1) is 0 Å². The maximum atomic E-state index is 11.3. The highest BCUT2D eigenvalue weighted by molar-refractivity contribution is 5.94. The van der Waals surface area contributed by atoms with E-state index in [1.165, 1.54) is 0 Å². The molecule has 0 radical (unpaired) electrons. The molecule has 0 unspecified atom stereocenters. The second-order valence-corrected chi connectivity index (χ2v) is 3.00. The molecule has 82 valence electrons. The topological polar surface area (TPSA) is 38.3 Å². The summed E-state index contributed by atoms with van der Waals surface area (Å²) in [4.78, 5) is 11.3. The molecule has 0 atom stereocenters. The Hall–Kier alpha value is -1.51. The zero-order valence-electron chi connectivity index (χ0n) is 9.46. The third-order valence-corrected chi connectivity index (χ3v) is 2.18. The lowest BCUT2D eigenvalue weighted by Crippen LogP contribution is -2.17. The number of benzene rings is 1. The van der Waals surface area contributed by atoms with Crippen molar-refractivity contribution in [2.75, 3.05) is 13.7 Å². The number of carbonyl (C=O) groups excluding carboxylic acids is 1. The van der Waals surface area contributed by atoms with E-state index in [2.05, 4.69) is 5.32 Å². The first-order chi connectivity index (χ1) is 7.31. The lowest BCUT2D eigenvalue weighted by Gasteiger charge is -2.02. The highest BCUT2D eigenvalue weighted by atomic mass is 16.5. The monoisotopic (exact) mass is 207 g/mol. The number of amides is 1. The summed E-state index contributed by atoms with van der Waals surface area (Å²) >= 11 is 0. The Bertz CT molecular complexity index is 347. The van der Waals surface area contributed by atoms with Gasteiger partial charge in [0.05, 0.1) is 6.61 Å².